The fourth-order valence-corrected chi connectivity index (χ4v) is 1.83. The number of rotatable bonds is 4. The summed E-state index contributed by atoms with van der Waals surface area (Å²) in [5.74, 6) is -4.64. The largest absolute Gasteiger partial charge is 0.497 e. The molecule has 0 saturated heterocycles. The number of hydrogen-bond donors (Lipinski definition) is 0. The number of methoxy groups -OCH3 is 1. The number of alkyl halides is 5. The first-order chi connectivity index (χ1) is 10.8. The molecule has 2 aromatic carbocycles. The molecule has 0 aliphatic carbocycles. The maximum absolute atomic E-state index is 13.8. The summed E-state index contributed by atoms with van der Waals surface area (Å²) in [5.41, 5.74) is -1.69. The molecule has 0 aliphatic rings. The average Bonchev–Trinajstić information content (AvgIpc) is 2.52. The van der Waals surface area contributed by atoms with Gasteiger partial charge in [0.15, 0.2) is 0 Å². The van der Waals surface area contributed by atoms with Crippen LogP contribution in [0, 0.1) is 0 Å². The van der Waals surface area contributed by atoms with Crippen LogP contribution < -0.4 is 4.74 Å². The van der Waals surface area contributed by atoms with Crippen LogP contribution >= 0.6 is 0 Å². The number of halogens is 5. The predicted octanol–water partition coefficient (Wildman–Crippen LogP) is 5.01. The van der Waals surface area contributed by atoms with Crippen molar-refractivity contribution in [2.24, 2.45) is 4.99 Å². The van der Waals surface area contributed by atoms with Gasteiger partial charge in [0.05, 0.1) is 12.8 Å². The SMILES string of the molecule is COc1ccc(N=C(c2ccccc2)C(F)(F)C(F)(F)F)cc1. The van der Waals surface area contributed by atoms with E-state index in [4.69, 9.17) is 4.74 Å². The standard InChI is InChI=1S/C16H12F5NO/c1-23-13-9-7-12(8-10-13)22-14(11-5-3-2-4-6-11)15(17,18)16(19,20)21/h2-10H,1H3. The summed E-state index contributed by atoms with van der Waals surface area (Å²) in [6.45, 7) is 0. The predicted molar refractivity (Wildman–Crippen MR) is 76.6 cm³/mol. The van der Waals surface area contributed by atoms with Crippen LogP contribution in [0.1, 0.15) is 5.56 Å². The first kappa shape index (κ1) is 16.9. The Morgan fingerprint density at radius 2 is 1.43 bits per heavy atom. The zero-order valence-corrected chi connectivity index (χ0v) is 11.9. The molecule has 122 valence electrons. The fourth-order valence-electron chi connectivity index (χ4n) is 1.83. The van der Waals surface area contributed by atoms with Crippen molar-refractivity contribution in [3.63, 3.8) is 0 Å². The van der Waals surface area contributed by atoms with Crippen molar-refractivity contribution < 1.29 is 26.7 Å². The molecular weight excluding hydrogens is 317 g/mol. The molecule has 0 heterocycles. The van der Waals surface area contributed by atoms with E-state index >= 15 is 0 Å². The first-order valence-electron chi connectivity index (χ1n) is 6.49. The van der Waals surface area contributed by atoms with Gasteiger partial charge in [-0.25, -0.2) is 4.99 Å². The Labute approximate surface area is 129 Å². The summed E-state index contributed by atoms with van der Waals surface area (Å²) in [4.78, 5) is 3.53. The smallest absolute Gasteiger partial charge is 0.459 e. The van der Waals surface area contributed by atoms with Gasteiger partial charge in [-0.2, -0.15) is 22.0 Å². The van der Waals surface area contributed by atoms with Crippen LogP contribution in [0.3, 0.4) is 0 Å². The molecule has 0 fully saturated rings. The molecule has 0 spiro atoms. The summed E-state index contributed by atoms with van der Waals surface area (Å²) in [6, 6.07) is 12.0. The van der Waals surface area contributed by atoms with Crippen LogP contribution in [0.4, 0.5) is 27.6 Å². The Bertz CT molecular complexity index is 678. The maximum Gasteiger partial charge on any atom is 0.459 e. The third kappa shape index (κ3) is 3.67. The van der Waals surface area contributed by atoms with Gasteiger partial charge < -0.3 is 4.74 Å². The van der Waals surface area contributed by atoms with E-state index in [1.807, 2.05) is 0 Å². The minimum absolute atomic E-state index is 0.0337. The van der Waals surface area contributed by atoms with Crippen molar-refractivity contribution in [1.29, 1.82) is 0 Å². The highest BCUT2D eigenvalue weighted by atomic mass is 19.4. The molecule has 0 atom stereocenters. The van der Waals surface area contributed by atoms with Crippen LogP contribution in [0.25, 0.3) is 0 Å². The molecule has 0 unspecified atom stereocenters. The lowest BCUT2D eigenvalue weighted by Gasteiger charge is -2.21. The van der Waals surface area contributed by atoms with Gasteiger partial charge in [-0.05, 0) is 24.3 Å². The van der Waals surface area contributed by atoms with Gasteiger partial charge in [-0.1, -0.05) is 30.3 Å². The lowest BCUT2D eigenvalue weighted by atomic mass is 10.0. The summed E-state index contributed by atoms with van der Waals surface area (Å²) in [6.07, 6.45) is -5.74. The van der Waals surface area contributed by atoms with E-state index in [2.05, 4.69) is 4.99 Å². The maximum atomic E-state index is 13.8. The molecule has 0 radical (unpaired) electrons. The van der Waals surface area contributed by atoms with Crippen molar-refractivity contribution >= 4 is 11.4 Å². The van der Waals surface area contributed by atoms with Crippen molar-refractivity contribution in [1.82, 2.24) is 0 Å². The summed E-state index contributed by atoms with van der Waals surface area (Å²) < 4.78 is 70.8. The van der Waals surface area contributed by atoms with Gasteiger partial charge in [0.25, 0.3) is 0 Å². The Balaban J connectivity index is 2.55. The van der Waals surface area contributed by atoms with Crippen LogP contribution in [0.5, 0.6) is 5.75 Å². The van der Waals surface area contributed by atoms with Crippen LogP contribution in [-0.4, -0.2) is 24.9 Å². The van der Waals surface area contributed by atoms with E-state index in [0.29, 0.717) is 5.75 Å². The minimum Gasteiger partial charge on any atom is -0.497 e. The molecule has 2 rings (SSSR count). The second-order valence-corrected chi connectivity index (χ2v) is 4.60. The molecule has 2 nitrogen and oxygen atoms in total. The monoisotopic (exact) mass is 329 g/mol. The van der Waals surface area contributed by atoms with Crippen LogP contribution in [0.15, 0.2) is 59.6 Å². The molecule has 0 N–H and O–H groups in total. The van der Waals surface area contributed by atoms with Gasteiger partial charge in [0.2, 0.25) is 0 Å². The molecule has 0 amide bonds. The van der Waals surface area contributed by atoms with Crippen LogP contribution in [0.2, 0.25) is 0 Å². The van der Waals surface area contributed by atoms with E-state index in [9.17, 15) is 22.0 Å². The van der Waals surface area contributed by atoms with Gasteiger partial charge in [-0.3, -0.25) is 0 Å². The summed E-state index contributed by atoms with van der Waals surface area (Å²) >= 11 is 0. The Hall–Kier alpha value is -2.44. The lowest BCUT2D eigenvalue weighted by Crippen LogP contribution is -2.44. The van der Waals surface area contributed by atoms with Crippen molar-refractivity contribution in [3.05, 3.63) is 60.2 Å². The summed E-state index contributed by atoms with van der Waals surface area (Å²) in [5, 5.41) is 0. The normalized spacial score (nSPS) is 13.0. The number of nitrogens with zero attached hydrogens (tertiary/aromatic N) is 1. The molecule has 7 heteroatoms. The molecule has 23 heavy (non-hydrogen) atoms. The second-order valence-electron chi connectivity index (χ2n) is 4.60. The van der Waals surface area contributed by atoms with E-state index in [0.717, 1.165) is 12.1 Å². The number of benzene rings is 2. The molecule has 0 bridgehead atoms. The number of aliphatic imine (C=N–C) groups is 1. The molecule has 0 aromatic heterocycles. The van der Waals surface area contributed by atoms with Crippen LogP contribution in [-0.2, 0) is 0 Å². The van der Waals surface area contributed by atoms with Gasteiger partial charge >= 0.3 is 12.1 Å². The molecule has 0 saturated carbocycles. The van der Waals surface area contributed by atoms with Gasteiger partial charge in [0, 0.05) is 5.56 Å². The third-order valence-corrected chi connectivity index (χ3v) is 3.01. The zero-order chi connectivity index (χ0) is 17.1. The van der Waals surface area contributed by atoms with Crippen molar-refractivity contribution in [3.8, 4) is 5.75 Å². The van der Waals surface area contributed by atoms with E-state index < -0.39 is 17.8 Å². The van der Waals surface area contributed by atoms with E-state index in [1.54, 1.807) is 0 Å². The van der Waals surface area contributed by atoms with Crippen molar-refractivity contribution in [2.75, 3.05) is 7.11 Å². The Kier molecular flexibility index (Phi) is 4.68. The Morgan fingerprint density at radius 3 is 1.91 bits per heavy atom. The fraction of sp³-hybridized carbons (Fsp3) is 0.188. The quantitative estimate of drug-likeness (QED) is 0.570. The van der Waals surface area contributed by atoms with E-state index in [-0.39, 0.29) is 11.3 Å². The average molecular weight is 329 g/mol. The van der Waals surface area contributed by atoms with Gasteiger partial charge in [-0.15, -0.1) is 0 Å². The van der Waals surface area contributed by atoms with Gasteiger partial charge in [0.1, 0.15) is 11.5 Å². The minimum atomic E-state index is -5.74. The highest BCUT2D eigenvalue weighted by Gasteiger charge is 2.61. The molecule has 0 aliphatic heterocycles. The third-order valence-electron chi connectivity index (χ3n) is 3.01. The topological polar surface area (TPSA) is 21.6 Å². The lowest BCUT2D eigenvalue weighted by molar-refractivity contribution is -0.248. The number of hydrogen-bond acceptors (Lipinski definition) is 2. The van der Waals surface area contributed by atoms with Crippen molar-refractivity contribution in [2.45, 2.75) is 12.1 Å². The first-order valence-corrected chi connectivity index (χ1v) is 6.49. The van der Waals surface area contributed by atoms with E-state index in [1.165, 1.54) is 49.6 Å². The summed E-state index contributed by atoms with van der Waals surface area (Å²) in [7, 11) is 1.41. The highest BCUT2D eigenvalue weighted by molar-refractivity contribution is 6.07. The second kappa shape index (κ2) is 6.36. The Morgan fingerprint density at radius 1 is 0.870 bits per heavy atom. The molecular formula is C16H12F5NO. The zero-order valence-electron chi connectivity index (χ0n) is 11.9. The highest BCUT2D eigenvalue weighted by Crippen LogP contribution is 2.39. The molecule has 2 aromatic rings. The number of ether oxygens (including phenoxy) is 1.